The number of hydrogen-bond donors (Lipinski definition) is 0. The van der Waals surface area contributed by atoms with E-state index in [-0.39, 0.29) is 0 Å². The van der Waals surface area contributed by atoms with Crippen LogP contribution >= 0.6 is 45.2 Å². The number of anilines is 2. The SMILES string of the molecule is Ic1cccc(C(=CN(c2ccccc2)c2ccc(C=CC=C(c3ccccc3)c3ccccc3)cc2)c2cccc(I)c2)c1. The van der Waals surface area contributed by atoms with Crippen molar-refractivity contribution >= 4 is 73.8 Å². The normalized spacial score (nSPS) is 10.8. The van der Waals surface area contributed by atoms with E-state index in [1.54, 1.807) is 0 Å². The second-order valence-corrected chi connectivity index (χ2v) is 13.0. The Labute approximate surface area is 293 Å². The predicted octanol–water partition coefficient (Wildman–Crippen LogP) is 12.3. The van der Waals surface area contributed by atoms with Gasteiger partial charge < -0.3 is 4.90 Å². The van der Waals surface area contributed by atoms with Crippen LogP contribution in [0.5, 0.6) is 0 Å². The highest BCUT2D eigenvalue weighted by Crippen LogP contribution is 2.33. The first-order valence-corrected chi connectivity index (χ1v) is 17.0. The molecule has 0 unspecified atom stereocenters. The molecule has 0 saturated heterocycles. The van der Waals surface area contributed by atoms with Gasteiger partial charge in [-0.25, -0.2) is 0 Å². The van der Waals surface area contributed by atoms with E-state index < -0.39 is 0 Å². The fraction of sp³-hybridized carbons (Fsp3) is 0. The van der Waals surface area contributed by atoms with Crippen molar-refractivity contribution in [3.8, 4) is 0 Å². The molecule has 6 aromatic carbocycles. The lowest BCUT2D eigenvalue weighted by atomic mass is 9.97. The summed E-state index contributed by atoms with van der Waals surface area (Å²) < 4.78 is 2.42. The average molecular weight is 804 g/mol. The largest absolute Gasteiger partial charge is 0.317 e. The molecule has 6 aromatic rings. The molecule has 0 bridgehead atoms. The predicted molar refractivity (Wildman–Crippen MR) is 209 cm³/mol. The van der Waals surface area contributed by atoms with Gasteiger partial charge in [-0.3, -0.25) is 0 Å². The topological polar surface area (TPSA) is 3.24 Å². The smallest absolute Gasteiger partial charge is 0.0456 e. The van der Waals surface area contributed by atoms with Gasteiger partial charge in [0.05, 0.1) is 0 Å². The van der Waals surface area contributed by atoms with Gasteiger partial charge in [0.15, 0.2) is 0 Å². The fourth-order valence-electron chi connectivity index (χ4n) is 5.24. The molecule has 0 atom stereocenters. The van der Waals surface area contributed by atoms with Crippen LogP contribution in [0.3, 0.4) is 0 Å². The molecule has 6 rings (SSSR count). The summed E-state index contributed by atoms with van der Waals surface area (Å²) in [4.78, 5) is 2.28. The first-order valence-electron chi connectivity index (χ1n) is 14.8. The van der Waals surface area contributed by atoms with Crippen molar-refractivity contribution in [3.05, 3.63) is 217 Å². The molecule has 45 heavy (non-hydrogen) atoms. The highest BCUT2D eigenvalue weighted by molar-refractivity contribution is 14.1. The monoisotopic (exact) mass is 803 g/mol. The maximum Gasteiger partial charge on any atom is 0.0456 e. The van der Waals surface area contributed by atoms with Gasteiger partial charge in [0.25, 0.3) is 0 Å². The molecular weight excluding hydrogens is 772 g/mol. The second kappa shape index (κ2) is 15.2. The van der Waals surface area contributed by atoms with Gasteiger partial charge in [-0.05, 0) is 127 Å². The zero-order valence-electron chi connectivity index (χ0n) is 24.6. The van der Waals surface area contributed by atoms with Crippen LogP contribution in [0.2, 0.25) is 0 Å². The number of para-hydroxylation sites is 1. The third-order valence-electron chi connectivity index (χ3n) is 7.46. The Hall–Kier alpha value is -4.20. The molecular formula is C42H31I2N. The summed E-state index contributed by atoms with van der Waals surface area (Å²) in [6.07, 6.45) is 8.78. The van der Waals surface area contributed by atoms with Gasteiger partial charge in [0.2, 0.25) is 0 Å². The Kier molecular flexibility index (Phi) is 10.4. The molecule has 0 spiro atoms. The minimum atomic E-state index is 1.09. The van der Waals surface area contributed by atoms with Crippen LogP contribution in [0, 0.1) is 7.14 Å². The molecule has 1 nitrogen and oxygen atoms in total. The first-order chi connectivity index (χ1) is 22.1. The van der Waals surface area contributed by atoms with E-state index in [2.05, 4.69) is 238 Å². The number of nitrogens with zero attached hydrogens (tertiary/aromatic N) is 1. The summed E-state index contributed by atoms with van der Waals surface area (Å²) in [5.41, 5.74) is 10.5. The Balaban J connectivity index is 1.36. The lowest BCUT2D eigenvalue weighted by molar-refractivity contribution is 1.28. The van der Waals surface area contributed by atoms with Crippen molar-refractivity contribution in [2.75, 3.05) is 4.90 Å². The third-order valence-corrected chi connectivity index (χ3v) is 8.80. The van der Waals surface area contributed by atoms with Crippen molar-refractivity contribution in [1.82, 2.24) is 0 Å². The summed E-state index contributed by atoms with van der Waals surface area (Å²) in [6.45, 7) is 0. The van der Waals surface area contributed by atoms with Crippen LogP contribution in [0.1, 0.15) is 27.8 Å². The van der Waals surface area contributed by atoms with Crippen molar-refractivity contribution < 1.29 is 0 Å². The molecule has 0 saturated carbocycles. The molecule has 0 radical (unpaired) electrons. The third kappa shape index (κ3) is 8.10. The molecule has 0 amide bonds. The number of hydrogen-bond acceptors (Lipinski definition) is 1. The van der Waals surface area contributed by atoms with Crippen LogP contribution in [-0.4, -0.2) is 0 Å². The minimum Gasteiger partial charge on any atom is -0.317 e. The van der Waals surface area contributed by atoms with Gasteiger partial charge in [0.1, 0.15) is 0 Å². The summed E-state index contributed by atoms with van der Waals surface area (Å²) in [6, 6.07) is 57.8. The van der Waals surface area contributed by atoms with Gasteiger partial charge in [-0.15, -0.1) is 0 Å². The number of halogens is 2. The van der Waals surface area contributed by atoms with E-state index in [1.165, 1.54) is 40.5 Å². The number of rotatable bonds is 9. The zero-order chi connectivity index (χ0) is 30.8. The highest BCUT2D eigenvalue weighted by Gasteiger charge is 2.13. The van der Waals surface area contributed by atoms with Crippen LogP contribution in [-0.2, 0) is 0 Å². The molecule has 0 heterocycles. The van der Waals surface area contributed by atoms with Crippen LogP contribution < -0.4 is 4.90 Å². The molecule has 0 fully saturated rings. The Morgan fingerprint density at radius 3 is 1.42 bits per heavy atom. The summed E-state index contributed by atoms with van der Waals surface area (Å²) in [5, 5.41) is 0. The molecule has 0 N–H and O–H groups in total. The summed E-state index contributed by atoms with van der Waals surface area (Å²) >= 11 is 4.79. The van der Waals surface area contributed by atoms with E-state index >= 15 is 0 Å². The fourth-order valence-corrected chi connectivity index (χ4v) is 6.33. The highest BCUT2D eigenvalue weighted by atomic mass is 127. The van der Waals surface area contributed by atoms with Gasteiger partial charge in [0, 0.05) is 30.3 Å². The molecule has 0 aliphatic carbocycles. The maximum atomic E-state index is 2.39. The van der Waals surface area contributed by atoms with Gasteiger partial charge in [-0.1, -0.05) is 133 Å². The van der Waals surface area contributed by atoms with E-state index in [0.29, 0.717) is 0 Å². The average Bonchev–Trinajstić information content (AvgIpc) is 3.09. The van der Waals surface area contributed by atoms with E-state index in [0.717, 1.165) is 16.9 Å². The van der Waals surface area contributed by atoms with Crippen molar-refractivity contribution in [2.24, 2.45) is 0 Å². The zero-order valence-corrected chi connectivity index (χ0v) is 28.9. The number of allylic oxidation sites excluding steroid dienone is 2. The molecule has 0 aromatic heterocycles. The minimum absolute atomic E-state index is 1.09. The van der Waals surface area contributed by atoms with Gasteiger partial charge >= 0.3 is 0 Å². The van der Waals surface area contributed by atoms with Crippen molar-refractivity contribution in [3.63, 3.8) is 0 Å². The quantitative estimate of drug-likeness (QED) is 0.104. The summed E-state index contributed by atoms with van der Waals surface area (Å²) in [7, 11) is 0. The maximum absolute atomic E-state index is 2.39. The van der Waals surface area contributed by atoms with Crippen LogP contribution in [0.4, 0.5) is 11.4 Å². The molecule has 3 heteroatoms. The van der Waals surface area contributed by atoms with Crippen molar-refractivity contribution in [2.45, 2.75) is 0 Å². The lowest BCUT2D eigenvalue weighted by Crippen LogP contribution is -2.10. The molecule has 0 aliphatic heterocycles. The Morgan fingerprint density at radius 1 is 0.444 bits per heavy atom. The second-order valence-electron chi connectivity index (χ2n) is 10.5. The van der Waals surface area contributed by atoms with E-state index in [1.807, 2.05) is 0 Å². The van der Waals surface area contributed by atoms with Gasteiger partial charge in [-0.2, -0.15) is 0 Å². The standard InChI is InChI=1S/C42H31I2N/c43-37-20-11-18-35(29-37)42(36-19-12-21-38(44)30-36)31-45(39-22-8-3-9-23-39)40-27-25-32(26-28-40)13-10-24-41(33-14-4-1-5-15-33)34-16-6-2-7-17-34/h1-31H. The Bertz CT molecular complexity index is 1850. The van der Waals surface area contributed by atoms with E-state index in [4.69, 9.17) is 0 Å². The van der Waals surface area contributed by atoms with Crippen LogP contribution in [0.25, 0.3) is 17.2 Å². The van der Waals surface area contributed by atoms with Crippen molar-refractivity contribution in [1.29, 1.82) is 0 Å². The molecule has 0 aliphatic rings. The number of benzene rings is 6. The lowest BCUT2D eigenvalue weighted by Gasteiger charge is -2.23. The first kappa shape index (κ1) is 30.8. The molecule has 218 valence electrons. The Morgan fingerprint density at radius 2 is 0.911 bits per heavy atom. The summed E-state index contributed by atoms with van der Waals surface area (Å²) in [5.74, 6) is 0. The van der Waals surface area contributed by atoms with E-state index in [9.17, 15) is 0 Å². The van der Waals surface area contributed by atoms with Crippen LogP contribution in [0.15, 0.2) is 182 Å².